The lowest BCUT2D eigenvalue weighted by Gasteiger charge is -2.21. The van der Waals surface area contributed by atoms with Crippen molar-refractivity contribution >= 4 is 5.97 Å². The average molecular weight is 279 g/mol. The van der Waals surface area contributed by atoms with Crippen molar-refractivity contribution in [2.75, 3.05) is 7.11 Å². The monoisotopic (exact) mass is 279 g/mol. The number of hydrogen-bond acceptors (Lipinski definition) is 4. The molecule has 1 aromatic heterocycles. The topological polar surface area (TPSA) is 70.1 Å². The van der Waals surface area contributed by atoms with Gasteiger partial charge >= 0.3 is 5.97 Å². The van der Waals surface area contributed by atoms with Crippen LogP contribution in [0.1, 0.15) is 44.2 Å². The third-order valence-corrected chi connectivity index (χ3v) is 4.14. The van der Waals surface area contributed by atoms with E-state index in [9.17, 15) is 4.79 Å². The quantitative estimate of drug-likeness (QED) is 0.807. The third-order valence-electron chi connectivity index (χ3n) is 4.14. The van der Waals surface area contributed by atoms with Crippen molar-refractivity contribution in [1.82, 2.24) is 9.55 Å². The summed E-state index contributed by atoms with van der Waals surface area (Å²) in [6, 6.07) is -0.623. The smallest absolute Gasteiger partial charge is 0.323 e. The highest BCUT2D eigenvalue weighted by Gasteiger charge is 2.16. The van der Waals surface area contributed by atoms with Gasteiger partial charge in [-0.15, -0.1) is 0 Å². The summed E-state index contributed by atoms with van der Waals surface area (Å²) in [6.07, 6.45) is 12.4. The Morgan fingerprint density at radius 1 is 1.50 bits per heavy atom. The van der Waals surface area contributed by atoms with Crippen LogP contribution in [0.15, 0.2) is 12.5 Å². The van der Waals surface area contributed by atoms with Gasteiger partial charge < -0.3 is 15.0 Å². The molecule has 0 radical (unpaired) electrons. The van der Waals surface area contributed by atoms with E-state index in [4.69, 9.17) is 5.73 Å². The summed E-state index contributed by atoms with van der Waals surface area (Å²) < 4.78 is 6.72. The van der Waals surface area contributed by atoms with Gasteiger partial charge in [0.05, 0.1) is 19.1 Å². The van der Waals surface area contributed by atoms with E-state index in [-0.39, 0.29) is 5.97 Å². The molecule has 0 saturated heterocycles. The van der Waals surface area contributed by atoms with Crippen LogP contribution in [0.2, 0.25) is 0 Å². The summed E-state index contributed by atoms with van der Waals surface area (Å²) in [4.78, 5) is 15.6. The first kappa shape index (κ1) is 15.0. The van der Waals surface area contributed by atoms with Crippen molar-refractivity contribution in [2.45, 2.75) is 57.5 Å². The second-order valence-electron chi connectivity index (χ2n) is 5.73. The normalized spacial score (nSPS) is 17.9. The highest BCUT2D eigenvalue weighted by molar-refractivity contribution is 5.75. The van der Waals surface area contributed by atoms with Crippen LogP contribution in [0.3, 0.4) is 0 Å². The summed E-state index contributed by atoms with van der Waals surface area (Å²) in [7, 11) is 1.35. The molecule has 0 aliphatic heterocycles. The number of nitrogens with two attached hydrogens (primary N) is 1. The fraction of sp³-hybridized carbons (Fsp3) is 0.733. The number of carbonyl (C=O) groups is 1. The van der Waals surface area contributed by atoms with Crippen molar-refractivity contribution in [3.63, 3.8) is 0 Å². The number of ether oxygens (including phenoxy) is 1. The maximum absolute atomic E-state index is 11.3. The molecule has 1 atom stereocenters. The van der Waals surface area contributed by atoms with E-state index in [0.717, 1.165) is 18.2 Å². The molecular formula is C15H25N3O2. The summed E-state index contributed by atoms with van der Waals surface area (Å²) >= 11 is 0. The Balaban J connectivity index is 1.78. The minimum atomic E-state index is -0.623. The van der Waals surface area contributed by atoms with E-state index in [1.165, 1.54) is 45.6 Å². The van der Waals surface area contributed by atoms with Gasteiger partial charge in [0.15, 0.2) is 0 Å². The fourth-order valence-corrected chi connectivity index (χ4v) is 2.90. The number of esters is 1. The minimum absolute atomic E-state index is 0.387. The van der Waals surface area contributed by atoms with E-state index in [2.05, 4.69) is 14.3 Å². The van der Waals surface area contributed by atoms with E-state index in [0.29, 0.717) is 6.42 Å². The number of aromatic nitrogens is 2. The van der Waals surface area contributed by atoms with Crippen LogP contribution in [0, 0.1) is 5.92 Å². The van der Waals surface area contributed by atoms with Crippen LogP contribution in [0.25, 0.3) is 0 Å². The molecule has 5 nitrogen and oxygen atoms in total. The van der Waals surface area contributed by atoms with Crippen molar-refractivity contribution in [3.05, 3.63) is 18.2 Å². The summed E-state index contributed by atoms with van der Waals surface area (Å²) in [5, 5.41) is 0. The van der Waals surface area contributed by atoms with Gasteiger partial charge in [0.2, 0.25) is 0 Å². The Bertz CT molecular complexity index is 425. The second-order valence-corrected chi connectivity index (χ2v) is 5.73. The zero-order valence-electron chi connectivity index (χ0n) is 12.3. The molecule has 20 heavy (non-hydrogen) atoms. The Morgan fingerprint density at radius 2 is 2.25 bits per heavy atom. The summed E-state index contributed by atoms with van der Waals surface area (Å²) in [6.45, 7) is 1.01. The standard InChI is InChI=1S/C15H25N3O2/c1-20-15(19)14(16)9-13-10-18(11-17-13)8-7-12-5-3-2-4-6-12/h10-12,14H,2-9,16H2,1H3. The van der Waals surface area contributed by atoms with Crippen LogP contribution in [0.5, 0.6) is 0 Å². The molecule has 1 aliphatic rings. The summed E-state index contributed by atoms with van der Waals surface area (Å²) in [5.74, 6) is 0.480. The third kappa shape index (κ3) is 4.34. The molecule has 0 aromatic carbocycles. The van der Waals surface area contributed by atoms with E-state index >= 15 is 0 Å². The molecule has 2 rings (SSSR count). The first-order valence-corrected chi connectivity index (χ1v) is 7.53. The van der Waals surface area contributed by atoms with Crippen LogP contribution in [-0.2, 0) is 22.5 Å². The molecule has 1 aliphatic carbocycles. The van der Waals surface area contributed by atoms with Gasteiger partial charge in [-0.3, -0.25) is 4.79 Å². The zero-order valence-corrected chi connectivity index (χ0v) is 12.3. The molecule has 1 aromatic rings. The molecule has 5 heteroatoms. The lowest BCUT2D eigenvalue weighted by Crippen LogP contribution is -2.33. The highest BCUT2D eigenvalue weighted by atomic mass is 16.5. The van der Waals surface area contributed by atoms with E-state index in [1.54, 1.807) is 0 Å². The zero-order chi connectivity index (χ0) is 14.4. The molecule has 0 bridgehead atoms. The lowest BCUT2D eigenvalue weighted by molar-refractivity contribution is -0.142. The van der Waals surface area contributed by atoms with Crippen molar-refractivity contribution < 1.29 is 9.53 Å². The SMILES string of the molecule is COC(=O)C(N)Cc1cn(CCC2CCCCC2)cn1. The Hall–Kier alpha value is -1.36. The van der Waals surface area contributed by atoms with E-state index < -0.39 is 6.04 Å². The average Bonchev–Trinajstić information content (AvgIpc) is 2.92. The first-order chi connectivity index (χ1) is 9.69. The largest absolute Gasteiger partial charge is 0.468 e. The molecule has 2 N–H and O–H groups in total. The maximum atomic E-state index is 11.3. The van der Waals surface area contributed by atoms with Gasteiger partial charge in [-0.25, -0.2) is 4.98 Å². The highest BCUT2D eigenvalue weighted by Crippen LogP contribution is 2.26. The molecular weight excluding hydrogens is 254 g/mol. The predicted molar refractivity (Wildman–Crippen MR) is 77.1 cm³/mol. The second kappa shape index (κ2) is 7.43. The fourth-order valence-electron chi connectivity index (χ4n) is 2.90. The number of aryl methyl sites for hydroxylation is 1. The minimum Gasteiger partial charge on any atom is -0.468 e. The van der Waals surface area contributed by atoms with Gasteiger partial charge in [0.25, 0.3) is 0 Å². The van der Waals surface area contributed by atoms with Gasteiger partial charge in [0.1, 0.15) is 6.04 Å². The van der Waals surface area contributed by atoms with Crippen LogP contribution in [0.4, 0.5) is 0 Å². The number of imidazole rings is 1. The van der Waals surface area contributed by atoms with Crippen molar-refractivity contribution in [1.29, 1.82) is 0 Å². The Morgan fingerprint density at radius 3 is 2.95 bits per heavy atom. The van der Waals surface area contributed by atoms with Crippen molar-refractivity contribution in [2.24, 2.45) is 11.7 Å². The molecule has 1 fully saturated rings. The Labute approximate surface area is 120 Å². The molecule has 1 unspecified atom stereocenters. The molecule has 1 heterocycles. The van der Waals surface area contributed by atoms with Gasteiger partial charge in [0, 0.05) is 19.2 Å². The van der Waals surface area contributed by atoms with E-state index in [1.807, 2.05) is 12.5 Å². The number of hydrogen-bond donors (Lipinski definition) is 1. The molecule has 0 amide bonds. The van der Waals surface area contributed by atoms with Crippen LogP contribution < -0.4 is 5.73 Å². The van der Waals surface area contributed by atoms with Crippen molar-refractivity contribution in [3.8, 4) is 0 Å². The summed E-state index contributed by atoms with van der Waals surface area (Å²) in [5.41, 5.74) is 6.59. The first-order valence-electron chi connectivity index (χ1n) is 7.53. The number of carbonyl (C=O) groups excluding carboxylic acids is 1. The molecule has 112 valence electrons. The Kier molecular flexibility index (Phi) is 5.59. The van der Waals surface area contributed by atoms with Gasteiger partial charge in [-0.2, -0.15) is 0 Å². The molecule has 0 spiro atoms. The van der Waals surface area contributed by atoms with Crippen LogP contribution in [-0.4, -0.2) is 28.7 Å². The molecule has 1 saturated carbocycles. The maximum Gasteiger partial charge on any atom is 0.323 e. The van der Waals surface area contributed by atoms with Gasteiger partial charge in [-0.05, 0) is 12.3 Å². The van der Waals surface area contributed by atoms with Crippen LogP contribution >= 0.6 is 0 Å². The van der Waals surface area contributed by atoms with Gasteiger partial charge in [-0.1, -0.05) is 32.1 Å². The lowest BCUT2D eigenvalue weighted by atomic mass is 9.87. The number of rotatable bonds is 6. The predicted octanol–water partition coefficient (Wildman–Crippen LogP) is 1.90. The number of nitrogens with zero attached hydrogens (tertiary/aromatic N) is 2. The number of methoxy groups -OCH3 is 1.